The van der Waals surface area contributed by atoms with Gasteiger partial charge in [-0.15, -0.1) is 0 Å². The highest BCUT2D eigenvalue weighted by atomic mass is 19.4. The zero-order valence-corrected chi connectivity index (χ0v) is 20.2. The second-order valence-electron chi connectivity index (χ2n) is 8.61. The zero-order valence-electron chi connectivity index (χ0n) is 20.2. The van der Waals surface area contributed by atoms with E-state index in [0.717, 1.165) is 44.6 Å². The van der Waals surface area contributed by atoms with E-state index in [4.69, 9.17) is 24.5 Å². The predicted molar refractivity (Wildman–Crippen MR) is 121 cm³/mol. The molecule has 2 fully saturated rings. The Morgan fingerprint density at radius 2 is 1.64 bits per heavy atom. The third kappa shape index (κ3) is 10.6. The number of nitrogens with one attached hydrogen (secondary N) is 1. The smallest absolute Gasteiger partial charge is 0.475 e. The number of hydrogen-bond donors (Lipinski definition) is 3. The van der Waals surface area contributed by atoms with Crippen molar-refractivity contribution in [3.8, 4) is 0 Å². The molecular weight excluding hydrogens is 545 g/mol. The van der Waals surface area contributed by atoms with Crippen molar-refractivity contribution < 1.29 is 55.3 Å². The van der Waals surface area contributed by atoms with Crippen LogP contribution in [0.15, 0.2) is 42.7 Å². The lowest BCUT2D eigenvalue weighted by molar-refractivity contribution is -0.193. The van der Waals surface area contributed by atoms with Crippen LogP contribution in [0.5, 0.6) is 0 Å². The molecule has 16 heteroatoms. The van der Waals surface area contributed by atoms with Crippen molar-refractivity contribution in [3.63, 3.8) is 0 Å². The molecule has 0 radical (unpaired) electrons. The van der Waals surface area contributed by atoms with Crippen LogP contribution < -0.4 is 5.32 Å². The number of carbonyl (C=O) groups is 2. The second-order valence-corrected chi connectivity index (χ2v) is 8.61. The lowest BCUT2D eigenvalue weighted by Gasteiger charge is -2.39. The summed E-state index contributed by atoms with van der Waals surface area (Å²) in [7, 11) is 0. The van der Waals surface area contributed by atoms with E-state index in [1.807, 2.05) is 18.3 Å². The number of piperidine rings is 1. The molecule has 4 heterocycles. The molecule has 0 bridgehead atoms. The van der Waals surface area contributed by atoms with E-state index >= 15 is 0 Å². The number of halogens is 7. The minimum absolute atomic E-state index is 0.0965. The van der Waals surface area contributed by atoms with Gasteiger partial charge < -0.3 is 20.3 Å². The molecule has 3 N–H and O–H groups in total. The van der Waals surface area contributed by atoms with Gasteiger partial charge in [-0.2, -0.15) is 26.3 Å². The summed E-state index contributed by atoms with van der Waals surface area (Å²) in [5.41, 5.74) is 0.943. The molecule has 9 nitrogen and oxygen atoms in total. The number of carboxylic acid groups (broad SMARTS) is 2. The van der Waals surface area contributed by atoms with Crippen LogP contribution in [0, 0.1) is 5.82 Å². The number of rotatable bonds is 4. The van der Waals surface area contributed by atoms with Crippen LogP contribution in [0.4, 0.5) is 36.6 Å². The molecule has 2 aliphatic rings. The van der Waals surface area contributed by atoms with Crippen LogP contribution in [0.3, 0.4) is 0 Å². The van der Waals surface area contributed by atoms with Gasteiger partial charge in [0, 0.05) is 31.9 Å². The molecule has 2 atom stereocenters. The number of alkyl halides is 6. The molecule has 0 amide bonds. The van der Waals surface area contributed by atoms with Crippen molar-refractivity contribution in [1.29, 1.82) is 0 Å². The molecule has 2 aromatic heterocycles. The highest BCUT2D eigenvalue weighted by molar-refractivity contribution is 5.73. The first-order chi connectivity index (χ1) is 18.1. The Morgan fingerprint density at radius 3 is 2.18 bits per heavy atom. The molecule has 4 rings (SSSR count). The van der Waals surface area contributed by atoms with Crippen LogP contribution >= 0.6 is 0 Å². The summed E-state index contributed by atoms with van der Waals surface area (Å²) in [6.07, 6.45) is -3.69. The largest absolute Gasteiger partial charge is 0.490 e. The van der Waals surface area contributed by atoms with Gasteiger partial charge >= 0.3 is 24.3 Å². The van der Waals surface area contributed by atoms with Crippen molar-refractivity contribution in [2.75, 3.05) is 25.0 Å². The summed E-state index contributed by atoms with van der Waals surface area (Å²) in [4.78, 5) is 28.7. The first kappa shape index (κ1) is 31.7. The molecule has 39 heavy (non-hydrogen) atoms. The maximum atomic E-state index is 13.8. The summed E-state index contributed by atoms with van der Waals surface area (Å²) in [6.45, 7) is 3.40. The zero-order chi connectivity index (χ0) is 29.3. The van der Waals surface area contributed by atoms with Gasteiger partial charge in [0.25, 0.3) is 0 Å². The van der Waals surface area contributed by atoms with Gasteiger partial charge in [0.05, 0.1) is 23.9 Å². The van der Waals surface area contributed by atoms with Crippen LogP contribution in [-0.4, -0.2) is 80.7 Å². The Kier molecular flexibility index (Phi) is 11.0. The lowest BCUT2D eigenvalue weighted by atomic mass is 9.88. The molecule has 2 aliphatic heterocycles. The van der Waals surface area contributed by atoms with E-state index in [0.29, 0.717) is 12.4 Å². The van der Waals surface area contributed by atoms with E-state index in [2.05, 4.69) is 26.3 Å². The number of ether oxygens (including phenoxy) is 1. The number of likely N-dealkylation sites (tertiary alicyclic amines) is 1. The number of anilines is 1. The Hall–Kier alpha value is -3.53. The maximum absolute atomic E-state index is 13.8. The normalized spacial score (nSPS) is 21.3. The highest BCUT2D eigenvalue weighted by Crippen LogP contribution is 2.36. The number of nitrogens with zero attached hydrogens (tertiary/aromatic N) is 3. The average molecular weight is 570 g/mol. The minimum atomic E-state index is -5.08. The topological polar surface area (TPSA) is 125 Å². The van der Waals surface area contributed by atoms with Crippen molar-refractivity contribution in [3.05, 3.63) is 54.2 Å². The standard InChI is InChI=1S/C19H23FN4O.2C2HF3O2/c20-17-6-3-9-22-18(17)23-16-11-19(25-13-16)7-4-10-24(14-19)12-15-5-1-2-8-21-15;2*3-2(4,5)1(6)7/h1-3,5-6,8-9,16H,4,7,10-14H2,(H,22,23);2*(H,6,7). The quantitative estimate of drug-likeness (QED) is 0.466. The number of aliphatic carboxylic acids is 2. The molecule has 0 saturated carbocycles. The van der Waals surface area contributed by atoms with Gasteiger partial charge in [-0.3, -0.25) is 9.88 Å². The van der Waals surface area contributed by atoms with Gasteiger partial charge in [-0.1, -0.05) is 6.07 Å². The molecule has 2 unspecified atom stereocenters. The minimum Gasteiger partial charge on any atom is -0.475 e. The van der Waals surface area contributed by atoms with E-state index < -0.39 is 24.3 Å². The summed E-state index contributed by atoms with van der Waals surface area (Å²) >= 11 is 0. The highest BCUT2D eigenvalue weighted by Gasteiger charge is 2.43. The van der Waals surface area contributed by atoms with Crippen molar-refractivity contribution in [1.82, 2.24) is 14.9 Å². The van der Waals surface area contributed by atoms with Crippen LogP contribution in [0.1, 0.15) is 25.0 Å². The van der Waals surface area contributed by atoms with Crippen molar-refractivity contribution >= 4 is 17.8 Å². The summed E-state index contributed by atoms with van der Waals surface area (Å²) in [5.74, 6) is -5.52. The van der Waals surface area contributed by atoms with Crippen LogP contribution in [-0.2, 0) is 20.9 Å². The van der Waals surface area contributed by atoms with Crippen molar-refractivity contribution in [2.24, 2.45) is 0 Å². The molecule has 1 spiro atoms. The number of hydrogen-bond acceptors (Lipinski definition) is 7. The van der Waals surface area contributed by atoms with Gasteiger partial charge in [0.1, 0.15) is 0 Å². The summed E-state index contributed by atoms with van der Waals surface area (Å²) in [5, 5.41) is 17.5. The van der Waals surface area contributed by atoms with E-state index in [1.54, 1.807) is 12.3 Å². The Labute approximate surface area is 217 Å². The summed E-state index contributed by atoms with van der Waals surface area (Å²) < 4.78 is 83.5. The lowest BCUT2D eigenvalue weighted by Crippen LogP contribution is -2.47. The third-order valence-corrected chi connectivity index (χ3v) is 5.52. The van der Waals surface area contributed by atoms with Gasteiger partial charge in [0.2, 0.25) is 0 Å². The monoisotopic (exact) mass is 570 g/mol. The van der Waals surface area contributed by atoms with Gasteiger partial charge in [-0.05, 0) is 43.7 Å². The maximum Gasteiger partial charge on any atom is 0.490 e. The molecular formula is C23H25F7N4O5. The fraction of sp³-hybridized carbons (Fsp3) is 0.478. The predicted octanol–water partition coefficient (Wildman–Crippen LogP) is 4.12. The molecule has 0 aromatic carbocycles. The Morgan fingerprint density at radius 1 is 1.03 bits per heavy atom. The Balaban J connectivity index is 0.000000317. The molecule has 2 saturated heterocycles. The SMILES string of the molecule is Fc1cccnc1NC1COC2(CCCN(Cc3ccccn3)C2)C1.O=C(O)C(F)(F)F.O=C(O)C(F)(F)F. The molecule has 2 aromatic rings. The molecule has 216 valence electrons. The fourth-order valence-electron chi connectivity index (χ4n) is 3.95. The van der Waals surface area contributed by atoms with E-state index in [9.17, 15) is 30.7 Å². The van der Waals surface area contributed by atoms with Crippen LogP contribution in [0.25, 0.3) is 0 Å². The van der Waals surface area contributed by atoms with Gasteiger partial charge in [-0.25, -0.2) is 19.0 Å². The van der Waals surface area contributed by atoms with Crippen LogP contribution in [0.2, 0.25) is 0 Å². The summed E-state index contributed by atoms with van der Waals surface area (Å²) in [6, 6.07) is 9.15. The number of aromatic nitrogens is 2. The first-order valence-electron chi connectivity index (χ1n) is 11.3. The van der Waals surface area contributed by atoms with E-state index in [1.165, 1.54) is 6.07 Å². The fourth-order valence-corrected chi connectivity index (χ4v) is 3.95. The average Bonchev–Trinajstić information content (AvgIpc) is 3.22. The van der Waals surface area contributed by atoms with E-state index in [-0.39, 0.29) is 17.5 Å². The second kappa shape index (κ2) is 13.5. The first-order valence-corrected chi connectivity index (χ1v) is 11.3. The van der Waals surface area contributed by atoms with Crippen molar-refractivity contribution in [2.45, 2.75) is 49.8 Å². The number of pyridine rings is 2. The Bertz CT molecular complexity index is 1060. The third-order valence-electron chi connectivity index (χ3n) is 5.52. The molecule has 0 aliphatic carbocycles. The number of carboxylic acids is 2. The van der Waals surface area contributed by atoms with Gasteiger partial charge in [0.15, 0.2) is 11.6 Å².